The maximum atomic E-state index is 13.2. The molecule has 1 N–H and O–H groups in total. The third kappa shape index (κ3) is 2.79. The van der Waals surface area contributed by atoms with Gasteiger partial charge in [-0.3, -0.25) is 4.79 Å². The Balaban J connectivity index is 2.77. The summed E-state index contributed by atoms with van der Waals surface area (Å²) in [5.74, 6) is -2.35. The Morgan fingerprint density at radius 1 is 1.44 bits per heavy atom. The lowest BCUT2D eigenvalue weighted by Gasteiger charge is -2.07. The number of rotatable bonds is 4. The average Bonchev–Trinajstić information content (AvgIpc) is 2.25. The summed E-state index contributed by atoms with van der Waals surface area (Å²) in [6, 6.07) is 3.22. The second-order valence-electron chi connectivity index (χ2n) is 3.02. The number of carbonyl (C=O) groups excluding carboxylic acids is 1. The lowest BCUT2D eigenvalue weighted by Crippen LogP contribution is -2.27. The van der Waals surface area contributed by atoms with E-state index < -0.39 is 23.1 Å². The van der Waals surface area contributed by atoms with E-state index in [1.54, 1.807) is 0 Å². The summed E-state index contributed by atoms with van der Waals surface area (Å²) in [5, 5.41) is 2.29. The molecule has 16 heavy (non-hydrogen) atoms. The smallest absolute Gasteiger partial charge is 0.257 e. The molecule has 5 heteroatoms. The van der Waals surface area contributed by atoms with Crippen LogP contribution in [0.4, 0.5) is 8.78 Å². The molecule has 0 aliphatic carbocycles. The minimum Gasteiger partial charge on any atom is -0.500 e. The van der Waals surface area contributed by atoms with E-state index in [-0.39, 0.29) is 6.54 Å². The predicted octanol–water partition coefficient (Wildman–Crippen LogP) is 1.85. The van der Waals surface area contributed by atoms with E-state index in [1.165, 1.54) is 13.2 Å². The quantitative estimate of drug-likeness (QED) is 0.797. The number of benzene rings is 1. The Hall–Kier alpha value is -1.91. The molecule has 0 spiro atoms. The summed E-state index contributed by atoms with van der Waals surface area (Å²) in [4.78, 5) is 11.4. The largest absolute Gasteiger partial charge is 0.500 e. The van der Waals surface area contributed by atoms with Gasteiger partial charge in [0.2, 0.25) is 0 Å². The maximum Gasteiger partial charge on any atom is 0.257 e. The highest BCUT2D eigenvalue weighted by Crippen LogP contribution is 2.11. The van der Waals surface area contributed by atoms with Crippen molar-refractivity contribution in [1.29, 1.82) is 0 Å². The lowest BCUT2D eigenvalue weighted by molar-refractivity contribution is 0.0942. The molecule has 1 amide bonds. The van der Waals surface area contributed by atoms with Crippen molar-refractivity contribution in [3.05, 3.63) is 47.7 Å². The van der Waals surface area contributed by atoms with Crippen LogP contribution < -0.4 is 5.32 Å². The molecule has 0 aliphatic rings. The molecule has 0 unspecified atom stereocenters. The van der Waals surface area contributed by atoms with Crippen LogP contribution in [-0.2, 0) is 4.74 Å². The fraction of sp³-hybridized carbons (Fsp3) is 0.182. The Bertz CT molecular complexity index is 398. The predicted molar refractivity (Wildman–Crippen MR) is 54.8 cm³/mol. The summed E-state index contributed by atoms with van der Waals surface area (Å²) in [6.45, 7) is 3.46. The van der Waals surface area contributed by atoms with E-state index in [2.05, 4.69) is 11.9 Å². The van der Waals surface area contributed by atoms with Gasteiger partial charge in [-0.1, -0.05) is 12.6 Å². The van der Waals surface area contributed by atoms with Crippen molar-refractivity contribution < 1.29 is 18.3 Å². The molecule has 0 bridgehead atoms. The zero-order valence-electron chi connectivity index (χ0n) is 8.72. The standard InChI is InChI=1S/C11H11F2NO2/c1-7(16-2)6-14-11(15)10-8(12)4-3-5-9(10)13/h3-5H,1,6H2,2H3,(H,14,15). The third-order valence-electron chi connectivity index (χ3n) is 1.92. The summed E-state index contributed by atoms with van der Waals surface area (Å²) in [7, 11) is 1.39. The molecule has 86 valence electrons. The number of amides is 1. The number of halogens is 2. The van der Waals surface area contributed by atoms with Crippen LogP contribution in [0.15, 0.2) is 30.5 Å². The van der Waals surface area contributed by atoms with Crippen LogP contribution in [0.5, 0.6) is 0 Å². The highest BCUT2D eigenvalue weighted by Gasteiger charge is 2.16. The van der Waals surface area contributed by atoms with E-state index in [1.807, 2.05) is 0 Å². The molecular weight excluding hydrogens is 216 g/mol. The molecular formula is C11H11F2NO2. The zero-order valence-corrected chi connectivity index (χ0v) is 8.72. The Morgan fingerprint density at radius 3 is 2.50 bits per heavy atom. The Morgan fingerprint density at radius 2 is 2.00 bits per heavy atom. The normalized spacial score (nSPS) is 9.69. The number of methoxy groups -OCH3 is 1. The fourth-order valence-electron chi connectivity index (χ4n) is 1.05. The first-order valence-electron chi connectivity index (χ1n) is 4.50. The summed E-state index contributed by atoms with van der Waals surface area (Å²) in [6.07, 6.45) is 0. The van der Waals surface area contributed by atoms with E-state index >= 15 is 0 Å². The molecule has 0 atom stereocenters. The SMILES string of the molecule is C=C(CNC(=O)c1c(F)cccc1F)OC. The summed E-state index contributed by atoms with van der Waals surface area (Å²) >= 11 is 0. The van der Waals surface area contributed by atoms with E-state index in [0.717, 1.165) is 12.1 Å². The van der Waals surface area contributed by atoms with Crippen LogP contribution in [0.1, 0.15) is 10.4 Å². The Kier molecular flexibility index (Phi) is 3.99. The number of ether oxygens (including phenoxy) is 1. The van der Waals surface area contributed by atoms with E-state index in [9.17, 15) is 13.6 Å². The third-order valence-corrected chi connectivity index (χ3v) is 1.92. The number of hydrogen-bond donors (Lipinski definition) is 1. The van der Waals surface area contributed by atoms with Crippen molar-refractivity contribution in [2.75, 3.05) is 13.7 Å². The second kappa shape index (κ2) is 5.25. The summed E-state index contributed by atoms with van der Waals surface area (Å²) < 4.78 is 31.0. The molecule has 0 saturated heterocycles. The van der Waals surface area contributed by atoms with Crippen molar-refractivity contribution in [1.82, 2.24) is 5.32 Å². The Labute approximate surface area is 91.7 Å². The van der Waals surface area contributed by atoms with Gasteiger partial charge in [-0.2, -0.15) is 0 Å². The zero-order chi connectivity index (χ0) is 12.1. The van der Waals surface area contributed by atoms with Gasteiger partial charge in [-0.25, -0.2) is 8.78 Å². The molecule has 0 heterocycles. The van der Waals surface area contributed by atoms with Gasteiger partial charge < -0.3 is 10.1 Å². The molecule has 0 fully saturated rings. The van der Waals surface area contributed by atoms with Gasteiger partial charge in [0.15, 0.2) is 0 Å². The van der Waals surface area contributed by atoms with Crippen LogP contribution in [0.2, 0.25) is 0 Å². The van der Waals surface area contributed by atoms with Gasteiger partial charge in [0.1, 0.15) is 23.0 Å². The highest BCUT2D eigenvalue weighted by atomic mass is 19.1. The number of hydrogen-bond acceptors (Lipinski definition) is 2. The molecule has 1 aromatic rings. The number of nitrogens with one attached hydrogen (secondary N) is 1. The van der Waals surface area contributed by atoms with Crippen molar-refractivity contribution in [3.63, 3.8) is 0 Å². The van der Waals surface area contributed by atoms with Crippen LogP contribution in [0, 0.1) is 11.6 Å². The van der Waals surface area contributed by atoms with Crippen LogP contribution >= 0.6 is 0 Å². The first-order chi connectivity index (χ1) is 7.56. The van der Waals surface area contributed by atoms with E-state index in [4.69, 9.17) is 4.74 Å². The first kappa shape index (κ1) is 12.2. The van der Waals surface area contributed by atoms with Gasteiger partial charge >= 0.3 is 0 Å². The summed E-state index contributed by atoms with van der Waals surface area (Å²) in [5.41, 5.74) is -0.605. The van der Waals surface area contributed by atoms with Gasteiger partial charge in [0.05, 0.1) is 13.7 Å². The van der Waals surface area contributed by atoms with Crippen LogP contribution in [0.3, 0.4) is 0 Å². The van der Waals surface area contributed by atoms with Gasteiger partial charge in [0.25, 0.3) is 5.91 Å². The molecule has 0 radical (unpaired) electrons. The monoisotopic (exact) mass is 227 g/mol. The molecule has 0 aliphatic heterocycles. The van der Waals surface area contributed by atoms with Gasteiger partial charge in [-0.05, 0) is 12.1 Å². The first-order valence-corrected chi connectivity index (χ1v) is 4.50. The molecule has 1 aromatic carbocycles. The van der Waals surface area contributed by atoms with Crippen molar-refractivity contribution in [3.8, 4) is 0 Å². The molecule has 1 rings (SSSR count). The highest BCUT2D eigenvalue weighted by molar-refractivity contribution is 5.94. The minimum atomic E-state index is -0.902. The average molecular weight is 227 g/mol. The molecule has 3 nitrogen and oxygen atoms in total. The topological polar surface area (TPSA) is 38.3 Å². The van der Waals surface area contributed by atoms with Crippen LogP contribution in [0.25, 0.3) is 0 Å². The molecule has 0 aromatic heterocycles. The fourth-order valence-corrected chi connectivity index (χ4v) is 1.05. The van der Waals surface area contributed by atoms with E-state index in [0.29, 0.717) is 5.76 Å². The number of carbonyl (C=O) groups is 1. The second-order valence-corrected chi connectivity index (χ2v) is 3.02. The maximum absolute atomic E-state index is 13.2. The van der Waals surface area contributed by atoms with Crippen LogP contribution in [-0.4, -0.2) is 19.6 Å². The van der Waals surface area contributed by atoms with Gasteiger partial charge in [0, 0.05) is 0 Å². The van der Waals surface area contributed by atoms with Crippen molar-refractivity contribution in [2.45, 2.75) is 0 Å². The van der Waals surface area contributed by atoms with Gasteiger partial charge in [-0.15, -0.1) is 0 Å². The minimum absolute atomic E-state index is 0.00308. The molecule has 0 saturated carbocycles. The van der Waals surface area contributed by atoms with Crippen molar-refractivity contribution in [2.24, 2.45) is 0 Å². The lowest BCUT2D eigenvalue weighted by atomic mass is 10.2. The van der Waals surface area contributed by atoms with Crippen molar-refractivity contribution >= 4 is 5.91 Å².